The second kappa shape index (κ2) is 8.68. The molecule has 0 fully saturated rings. The second-order valence-corrected chi connectivity index (χ2v) is 9.33. The van der Waals surface area contributed by atoms with Crippen LogP contribution in [0, 0.1) is 5.82 Å². The third kappa shape index (κ3) is 4.01. The molecule has 1 unspecified atom stereocenters. The number of carbonyl (C=O) groups is 1. The van der Waals surface area contributed by atoms with Gasteiger partial charge in [0.2, 0.25) is 0 Å². The van der Waals surface area contributed by atoms with Gasteiger partial charge in [-0.2, -0.15) is 23.4 Å². The van der Waals surface area contributed by atoms with Gasteiger partial charge in [0, 0.05) is 43.7 Å². The van der Waals surface area contributed by atoms with Crippen molar-refractivity contribution in [2.75, 3.05) is 17.2 Å². The van der Waals surface area contributed by atoms with Crippen molar-refractivity contribution >= 4 is 39.2 Å². The van der Waals surface area contributed by atoms with Gasteiger partial charge in [-0.25, -0.2) is 9.37 Å². The highest BCUT2D eigenvalue weighted by Crippen LogP contribution is 2.42. The van der Waals surface area contributed by atoms with Gasteiger partial charge in [-0.1, -0.05) is 6.07 Å². The summed E-state index contributed by atoms with van der Waals surface area (Å²) in [6.45, 7) is 0.0576. The van der Waals surface area contributed by atoms with E-state index in [1.165, 1.54) is 34.1 Å². The number of nitrogen functional groups attached to an aromatic ring is 1. The molecule has 5 aromatic rings. The molecular formula is C26H21F4N7O2. The van der Waals surface area contributed by atoms with Gasteiger partial charge in [0.15, 0.2) is 0 Å². The minimum absolute atomic E-state index is 0.0121. The third-order valence-corrected chi connectivity index (χ3v) is 6.88. The Bertz CT molecular complexity index is 1780. The van der Waals surface area contributed by atoms with E-state index in [9.17, 15) is 18.0 Å². The first-order valence-electron chi connectivity index (χ1n) is 11.9. The van der Waals surface area contributed by atoms with Crippen LogP contribution in [0.25, 0.3) is 21.8 Å². The number of fused-ring (bicyclic) bond motifs is 4. The molecule has 6 rings (SSSR count). The lowest BCUT2D eigenvalue weighted by molar-refractivity contribution is -0.137. The van der Waals surface area contributed by atoms with Gasteiger partial charge >= 0.3 is 6.18 Å². The molecule has 1 aliphatic heterocycles. The lowest BCUT2D eigenvalue weighted by Crippen LogP contribution is -2.38. The van der Waals surface area contributed by atoms with Gasteiger partial charge in [0.25, 0.3) is 5.91 Å². The number of aryl methyl sites for hydroxylation is 2. The van der Waals surface area contributed by atoms with Gasteiger partial charge in [-0.15, -0.1) is 0 Å². The maximum atomic E-state index is 15.5. The molecule has 0 spiro atoms. The predicted molar refractivity (Wildman–Crippen MR) is 135 cm³/mol. The minimum atomic E-state index is -4.56. The van der Waals surface area contributed by atoms with Gasteiger partial charge in [0.05, 0.1) is 58.3 Å². The van der Waals surface area contributed by atoms with E-state index in [1.54, 1.807) is 25.0 Å². The third-order valence-electron chi connectivity index (χ3n) is 6.88. The zero-order valence-electron chi connectivity index (χ0n) is 20.7. The van der Waals surface area contributed by atoms with Crippen molar-refractivity contribution in [2.24, 2.45) is 14.1 Å². The molecule has 39 heavy (non-hydrogen) atoms. The quantitative estimate of drug-likeness (QED) is 0.332. The molecule has 0 saturated carbocycles. The van der Waals surface area contributed by atoms with Crippen LogP contribution in [0.5, 0.6) is 5.75 Å². The summed E-state index contributed by atoms with van der Waals surface area (Å²) >= 11 is 0. The number of benzene rings is 2. The number of rotatable bonds is 3. The van der Waals surface area contributed by atoms with Crippen molar-refractivity contribution in [2.45, 2.75) is 18.6 Å². The molecule has 0 aliphatic carbocycles. The summed E-state index contributed by atoms with van der Waals surface area (Å²) in [5.41, 5.74) is 6.47. The largest absolute Gasteiger partial charge is 0.493 e. The van der Waals surface area contributed by atoms with E-state index in [1.807, 2.05) is 0 Å². The summed E-state index contributed by atoms with van der Waals surface area (Å²) in [6.07, 6.45) is 0.262. The predicted octanol–water partition coefficient (Wildman–Crippen LogP) is 4.77. The van der Waals surface area contributed by atoms with Crippen LogP contribution in [0.3, 0.4) is 0 Å². The molecule has 4 heterocycles. The number of nitrogens with two attached hydrogens (primary N) is 1. The van der Waals surface area contributed by atoms with Crippen LogP contribution < -0.4 is 15.4 Å². The lowest BCUT2D eigenvalue weighted by Gasteiger charge is -2.35. The smallest absolute Gasteiger partial charge is 0.416 e. The first kappa shape index (κ1) is 24.6. The van der Waals surface area contributed by atoms with Crippen molar-refractivity contribution in [1.82, 2.24) is 24.5 Å². The molecule has 1 aliphatic rings. The average Bonchev–Trinajstić information content (AvgIpc) is 3.49. The van der Waals surface area contributed by atoms with Crippen molar-refractivity contribution < 1.29 is 27.1 Å². The number of hydrogen-bond donors (Lipinski definition) is 1. The van der Waals surface area contributed by atoms with Crippen molar-refractivity contribution in [1.29, 1.82) is 0 Å². The topological polar surface area (TPSA) is 104 Å². The first-order valence-corrected chi connectivity index (χ1v) is 11.9. The van der Waals surface area contributed by atoms with Crippen molar-refractivity contribution in [3.63, 3.8) is 0 Å². The summed E-state index contributed by atoms with van der Waals surface area (Å²) in [4.78, 5) is 19.8. The second-order valence-electron chi connectivity index (χ2n) is 9.33. The maximum absolute atomic E-state index is 15.5. The zero-order chi connectivity index (χ0) is 27.6. The highest BCUT2D eigenvalue weighted by molar-refractivity contribution is 6.13. The fraction of sp³-hybridized carbons (Fsp3) is 0.231. The van der Waals surface area contributed by atoms with Crippen LogP contribution in [-0.4, -0.2) is 37.1 Å². The number of alkyl halides is 3. The average molecular weight is 539 g/mol. The monoisotopic (exact) mass is 539 g/mol. The molecule has 0 saturated heterocycles. The standard InChI is InChI=1S/C26H21F4N7O2/c1-35-12-14(10-32-35)37(21-5-6-39-22-7-13(26(28,29)30)3-4-15(21)22)25(38)16-8-17-20(9-19(16)27)34-24(31)18-11-33-36(2)23(17)18/h3-4,7-12,21H,5-6H2,1-2H3,(H2,31,34). The fourth-order valence-electron chi connectivity index (χ4n) is 5.06. The molecule has 3 aromatic heterocycles. The van der Waals surface area contributed by atoms with Crippen molar-refractivity contribution in [3.05, 3.63) is 71.4 Å². The van der Waals surface area contributed by atoms with E-state index in [0.717, 1.165) is 18.2 Å². The summed E-state index contributed by atoms with van der Waals surface area (Å²) in [7, 11) is 3.35. The Hall–Kier alpha value is -4.68. The minimum Gasteiger partial charge on any atom is -0.493 e. The van der Waals surface area contributed by atoms with Crippen LogP contribution in [-0.2, 0) is 20.3 Å². The number of amides is 1. The Morgan fingerprint density at radius 2 is 1.92 bits per heavy atom. The Morgan fingerprint density at radius 1 is 1.13 bits per heavy atom. The fourth-order valence-corrected chi connectivity index (χ4v) is 5.06. The van der Waals surface area contributed by atoms with E-state index in [4.69, 9.17) is 10.5 Å². The Kier molecular flexibility index (Phi) is 5.49. The lowest BCUT2D eigenvalue weighted by atomic mass is 9.95. The molecular weight excluding hydrogens is 518 g/mol. The maximum Gasteiger partial charge on any atom is 0.416 e. The summed E-state index contributed by atoms with van der Waals surface area (Å²) in [5.74, 6) is -1.34. The number of carbonyl (C=O) groups excluding carboxylic acids is 1. The van der Waals surface area contributed by atoms with E-state index >= 15 is 4.39 Å². The zero-order valence-corrected chi connectivity index (χ0v) is 20.7. The SMILES string of the molecule is Cn1cc(N(C(=O)c2cc3c(cc2F)nc(N)c2cnn(C)c23)C2CCOc3cc(C(F)(F)F)ccc32)cn1. The van der Waals surface area contributed by atoms with Crippen LogP contribution in [0.2, 0.25) is 0 Å². The van der Waals surface area contributed by atoms with E-state index in [0.29, 0.717) is 27.5 Å². The van der Waals surface area contributed by atoms with Crippen LogP contribution >= 0.6 is 0 Å². The van der Waals surface area contributed by atoms with Crippen LogP contribution in [0.15, 0.2) is 48.9 Å². The number of hydrogen-bond acceptors (Lipinski definition) is 6. The molecule has 0 bridgehead atoms. The number of nitrogens with zero attached hydrogens (tertiary/aromatic N) is 6. The van der Waals surface area contributed by atoms with E-state index in [-0.39, 0.29) is 35.7 Å². The molecule has 1 amide bonds. The number of halogens is 4. The summed E-state index contributed by atoms with van der Waals surface area (Å²) in [5, 5.41) is 9.39. The molecule has 1 atom stereocenters. The molecule has 2 N–H and O–H groups in total. The van der Waals surface area contributed by atoms with Gasteiger partial charge < -0.3 is 10.5 Å². The Labute approximate surface area is 218 Å². The number of pyridine rings is 1. The highest BCUT2D eigenvalue weighted by Gasteiger charge is 2.37. The van der Waals surface area contributed by atoms with E-state index < -0.39 is 29.5 Å². The van der Waals surface area contributed by atoms with Gasteiger partial charge in [-0.05, 0) is 18.2 Å². The molecule has 200 valence electrons. The molecule has 13 heteroatoms. The summed E-state index contributed by atoms with van der Waals surface area (Å²) in [6, 6.07) is 4.95. The highest BCUT2D eigenvalue weighted by atomic mass is 19.4. The molecule has 0 radical (unpaired) electrons. The van der Waals surface area contributed by atoms with E-state index in [2.05, 4.69) is 15.2 Å². The van der Waals surface area contributed by atoms with Crippen LogP contribution in [0.1, 0.15) is 33.9 Å². The van der Waals surface area contributed by atoms with Gasteiger partial charge in [-0.3, -0.25) is 19.1 Å². The first-order chi connectivity index (χ1) is 18.5. The number of ether oxygens (including phenoxy) is 1. The number of aromatic nitrogens is 5. The summed E-state index contributed by atoms with van der Waals surface area (Å²) < 4.78 is 64.2. The van der Waals surface area contributed by atoms with Crippen LogP contribution in [0.4, 0.5) is 29.1 Å². The molecule has 9 nitrogen and oxygen atoms in total. The Morgan fingerprint density at radius 3 is 2.64 bits per heavy atom. The Balaban J connectivity index is 1.52. The number of anilines is 2. The van der Waals surface area contributed by atoms with Crippen molar-refractivity contribution in [3.8, 4) is 5.75 Å². The normalized spacial score (nSPS) is 15.4. The van der Waals surface area contributed by atoms with Gasteiger partial charge in [0.1, 0.15) is 17.4 Å². The molecule has 2 aromatic carbocycles.